The lowest BCUT2D eigenvalue weighted by Gasteiger charge is -2.26. The summed E-state index contributed by atoms with van der Waals surface area (Å²) >= 11 is 0. The number of halogens is 3. The molecule has 0 fully saturated rings. The van der Waals surface area contributed by atoms with Gasteiger partial charge in [-0.3, -0.25) is 4.79 Å². The maximum Gasteiger partial charge on any atom is 0.407 e. The van der Waals surface area contributed by atoms with E-state index in [4.69, 9.17) is 6.57 Å². The van der Waals surface area contributed by atoms with Gasteiger partial charge >= 0.3 is 6.18 Å². The van der Waals surface area contributed by atoms with Crippen LogP contribution >= 0.6 is 0 Å². The van der Waals surface area contributed by atoms with Crippen molar-refractivity contribution in [1.82, 2.24) is 5.32 Å². The summed E-state index contributed by atoms with van der Waals surface area (Å²) < 4.78 is 39.7. The first-order valence-electron chi connectivity index (χ1n) is 8.94. The highest BCUT2D eigenvalue weighted by Crippen LogP contribution is 2.38. The van der Waals surface area contributed by atoms with Crippen LogP contribution in [0.4, 0.5) is 24.5 Å². The van der Waals surface area contributed by atoms with Crippen LogP contribution < -0.4 is 10.2 Å². The molecule has 28 heavy (non-hydrogen) atoms. The van der Waals surface area contributed by atoms with Crippen LogP contribution in [0.1, 0.15) is 37.4 Å². The highest BCUT2D eigenvalue weighted by atomic mass is 19.4. The second kappa shape index (κ2) is 9.27. The number of alkyl halides is 3. The number of hydrogen-bond acceptors (Lipinski definition) is 2. The van der Waals surface area contributed by atoms with Crippen LogP contribution in [-0.4, -0.2) is 19.0 Å². The maximum atomic E-state index is 13.2. The van der Waals surface area contributed by atoms with E-state index in [0.717, 1.165) is 17.7 Å². The van der Waals surface area contributed by atoms with E-state index in [9.17, 15) is 18.0 Å². The Morgan fingerprint density at radius 1 is 1.21 bits per heavy atom. The number of nitrogens with one attached hydrogen (secondary N) is 1. The van der Waals surface area contributed by atoms with Gasteiger partial charge in [0.05, 0.1) is 24.7 Å². The molecule has 7 heteroatoms. The summed E-state index contributed by atoms with van der Waals surface area (Å²) in [5.41, 5.74) is -0.225. The zero-order valence-corrected chi connectivity index (χ0v) is 15.8. The zero-order valence-electron chi connectivity index (χ0n) is 15.8. The predicted molar refractivity (Wildman–Crippen MR) is 103 cm³/mol. The van der Waals surface area contributed by atoms with Gasteiger partial charge in [0.1, 0.15) is 0 Å². The molecule has 148 valence electrons. The molecular formula is C21H22F3N3O. The van der Waals surface area contributed by atoms with Crippen LogP contribution in [0.15, 0.2) is 48.5 Å². The summed E-state index contributed by atoms with van der Waals surface area (Å²) in [6, 6.07) is 12.7. The second-order valence-electron chi connectivity index (χ2n) is 6.43. The first kappa shape index (κ1) is 21.3. The summed E-state index contributed by atoms with van der Waals surface area (Å²) in [4.78, 5) is 17.0. The summed E-state index contributed by atoms with van der Waals surface area (Å²) in [7, 11) is 0. The number of nitrogens with zero attached hydrogens (tertiary/aromatic N) is 2. The normalized spacial score (nSPS) is 12.1. The van der Waals surface area contributed by atoms with Crippen LogP contribution in [0.3, 0.4) is 0 Å². The minimum atomic E-state index is -4.63. The summed E-state index contributed by atoms with van der Waals surface area (Å²) in [6.45, 7) is 11.0. The molecule has 2 aromatic carbocycles. The summed E-state index contributed by atoms with van der Waals surface area (Å²) in [6.07, 6.45) is -3.97. The fourth-order valence-electron chi connectivity index (χ4n) is 2.90. The Balaban J connectivity index is 2.19. The van der Waals surface area contributed by atoms with Crippen LogP contribution in [0.2, 0.25) is 0 Å². The van der Waals surface area contributed by atoms with Gasteiger partial charge in [-0.05, 0) is 31.0 Å². The SMILES string of the molecule is [C-]#[N+]c1ccc(N(CCC)CC(=O)N[C@@H](C)c2ccccc2)cc1C(F)(F)F. The van der Waals surface area contributed by atoms with Crippen molar-refractivity contribution in [3.63, 3.8) is 0 Å². The van der Waals surface area contributed by atoms with Gasteiger partial charge in [-0.2, -0.15) is 13.2 Å². The van der Waals surface area contributed by atoms with Crippen LogP contribution in [0, 0.1) is 6.57 Å². The van der Waals surface area contributed by atoms with Gasteiger partial charge in [0, 0.05) is 12.2 Å². The number of benzene rings is 2. The topological polar surface area (TPSA) is 36.7 Å². The third-order valence-electron chi connectivity index (χ3n) is 4.28. The fraction of sp³-hybridized carbons (Fsp3) is 0.333. The maximum absolute atomic E-state index is 13.2. The van der Waals surface area contributed by atoms with Crippen molar-refractivity contribution in [3.05, 3.63) is 71.1 Å². The molecule has 1 N–H and O–H groups in total. The molecule has 0 bridgehead atoms. The molecule has 2 rings (SSSR count). The number of carbonyl (C=O) groups excluding carboxylic acids is 1. The molecule has 0 aromatic heterocycles. The predicted octanol–water partition coefficient (Wildman–Crippen LogP) is 5.35. The van der Waals surface area contributed by atoms with Gasteiger partial charge in [0.15, 0.2) is 5.69 Å². The third-order valence-corrected chi connectivity index (χ3v) is 4.28. The van der Waals surface area contributed by atoms with Crippen LogP contribution in [0.5, 0.6) is 0 Å². The van der Waals surface area contributed by atoms with E-state index in [0.29, 0.717) is 13.0 Å². The minimum Gasteiger partial charge on any atom is -0.362 e. The van der Waals surface area contributed by atoms with Crippen molar-refractivity contribution in [2.24, 2.45) is 0 Å². The van der Waals surface area contributed by atoms with Crippen molar-refractivity contribution in [1.29, 1.82) is 0 Å². The molecule has 0 aliphatic heterocycles. The Hall–Kier alpha value is -3.01. The van der Waals surface area contributed by atoms with E-state index in [1.165, 1.54) is 6.07 Å². The molecule has 0 saturated carbocycles. The fourth-order valence-corrected chi connectivity index (χ4v) is 2.90. The second-order valence-corrected chi connectivity index (χ2v) is 6.43. The Morgan fingerprint density at radius 3 is 2.46 bits per heavy atom. The number of anilines is 1. The highest BCUT2D eigenvalue weighted by molar-refractivity contribution is 5.82. The largest absolute Gasteiger partial charge is 0.407 e. The van der Waals surface area contributed by atoms with E-state index >= 15 is 0 Å². The molecule has 2 aromatic rings. The van der Waals surface area contributed by atoms with Crippen LogP contribution in [-0.2, 0) is 11.0 Å². The molecular weight excluding hydrogens is 367 g/mol. The van der Waals surface area contributed by atoms with Gasteiger partial charge in [0.2, 0.25) is 5.91 Å². The molecule has 0 unspecified atom stereocenters. The van der Waals surface area contributed by atoms with Gasteiger partial charge in [-0.15, -0.1) is 0 Å². The van der Waals surface area contributed by atoms with Crippen LogP contribution in [0.25, 0.3) is 4.85 Å². The van der Waals surface area contributed by atoms with Crippen molar-refractivity contribution in [3.8, 4) is 0 Å². The molecule has 1 amide bonds. The number of amides is 1. The summed E-state index contributed by atoms with van der Waals surface area (Å²) in [5, 5.41) is 2.87. The van der Waals surface area contributed by atoms with E-state index < -0.39 is 17.4 Å². The molecule has 0 aliphatic carbocycles. The van der Waals surface area contributed by atoms with E-state index in [2.05, 4.69) is 10.2 Å². The monoisotopic (exact) mass is 389 g/mol. The minimum absolute atomic E-state index is 0.0698. The first-order chi connectivity index (χ1) is 13.3. The van der Waals surface area contributed by atoms with Gasteiger partial charge in [-0.1, -0.05) is 43.3 Å². The Morgan fingerprint density at radius 2 is 1.89 bits per heavy atom. The molecule has 0 radical (unpaired) electrons. The highest BCUT2D eigenvalue weighted by Gasteiger charge is 2.34. The molecule has 0 spiro atoms. The molecule has 4 nitrogen and oxygen atoms in total. The van der Waals surface area contributed by atoms with Crippen molar-refractivity contribution in [2.75, 3.05) is 18.0 Å². The van der Waals surface area contributed by atoms with Gasteiger partial charge in [0.25, 0.3) is 0 Å². The van der Waals surface area contributed by atoms with Crippen molar-refractivity contribution < 1.29 is 18.0 Å². The van der Waals surface area contributed by atoms with E-state index in [1.54, 1.807) is 4.90 Å². The smallest absolute Gasteiger partial charge is 0.362 e. The Labute approximate surface area is 162 Å². The molecule has 0 aliphatic rings. The van der Waals surface area contributed by atoms with Crippen molar-refractivity contribution >= 4 is 17.3 Å². The average molecular weight is 389 g/mol. The summed E-state index contributed by atoms with van der Waals surface area (Å²) in [5.74, 6) is -0.285. The molecule has 0 heterocycles. The number of rotatable bonds is 7. The lowest BCUT2D eigenvalue weighted by atomic mass is 10.1. The zero-order chi connectivity index (χ0) is 20.7. The lowest BCUT2D eigenvalue weighted by Crippen LogP contribution is -2.38. The van der Waals surface area contributed by atoms with E-state index in [1.807, 2.05) is 44.2 Å². The molecule has 0 saturated heterocycles. The third kappa shape index (κ3) is 5.49. The lowest BCUT2D eigenvalue weighted by molar-refractivity contribution is -0.136. The van der Waals surface area contributed by atoms with Gasteiger partial charge in [-0.25, -0.2) is 4.85 Å². The standard InChI is InChI=1S/C21H22F3N3O/c1-4-12-27(14-20(28)26-15(2)16-8-6-5-7-9-16)17-10-11-19(25-3)18(13-17)21(22,23)24/h5-11,13,15H,4,12,14H2,1-2H3,(H,26,28)/t15-/m0/s1. The first-order valence-corrected chi connectivity index (χ1v) is 8.94. The quantitative estimate of drug-likeness (QED) is 0.648. The van der Waals surface area contributed by atoms with Crippen molar-refractivity contribution in [2.45, 2.75) is 32.5 Å². The average Bonchev–Trinajstić information content (AvgIpc) is 2.67. The Bertz CT molecular complexity index is 844. The molecule has 1 atom stereocenters. The van der Waals surface area contributed by atoms with Gasteiger partial charge < -0.3 is 10.2 Å². The van der Waals surface area contributed by atoms with E-state index in [-0.39, 0.29) is 24.2 Å². The number of hydrogen-bond donors (Lipinski definition) is 1. The Kier molecular flexibility index (Phi) is 7.05. The number of carbonyl (C=O) groups is 1.